The maximum absolute atomic E-state index is 6.04. The van der Waals surface area contributed by atoms with Gasteiger partial charge < -0.3 is 25.1 Å². The smallest absolute Gasteiger partial charge is 0.268 e. The van der Waals surface area contributed by atoms with Gasteiger partial charge >= 0.3 is 0 Å². The van der Waals surface area contributed by atoms with Crippen LogP contribution < -0.4 is 11.1 Å². The fourth-order valence-corrected chi connectivity index (χ4v) is 4.55. The highest BCUT2D eigenvalue weighted by atomic mass is 127. The average Bonchev–Trinajstić information content (AvgIpc) is 3.31. The summed E-state index contributed by atoms with van der Waals surface area (Å²) in [5.41, 5.74) is 8.36. The third-order valence-electron chi connectivity index (χ3n) is 4.50. The Bertz CT molecular complexity index is 1070. The van der Waals surface area contributed by atoms with E-state index in [2.05, 4.69) is 61.3 Å². The van der Waals surface area contributed by atoms with Crippen molar-refractivity contribution in [1.29, 1.82) is 0 Å². The van der Waals surface area contributed by atoms with Gasteiger partial charge in [0, 0.05) is 21.7 Å². The molecule has 1 aromatic carbocycles. The van der Waals surface area contributed by atoms with Crippen molar-refractivity contribution in [3.8, 4) is 0 Å². The molecular weight excluding hydrogens is 515 g/mol. The Morgan fingerprint density at radius 1 is 1.30 bits per heavy atom. The van der Waals surface area contributed by atoms with Crippen LogP contribution in [-0.4, -0.2) is 32.1 Å². The van der Waals surface area contributed by atoms with Crippen molar-refractivity contribution in [3.63, 3.8) is 0 Å². The monoisotopic (exact) mass is 538 g/mol. The molecule has 0 radical (unpaired) electrons. The maximum Gasteiger partial charge on any atom is 0.268 e. The number of thioether (sulfide) groups is 1. The van der Waals surface area contributed by atoms with Crippen molar-refractivity contribution in [3.05, 3.63) is 51.1 Å². The molecule has 30 heavy (non-hydrogen) atoms. The molecule has 3 N–H and O–H groups in total. The fraction of sp³-hybridized carbons (Fsp3) is 0.350. The number of ether oxygens (including phenoxy) is 2. The molecule has 2 aromatic heterocycles. The van der Waals surface area contributed by atoms with E-state index < -0.39 is 6.29 Å². The summed E-state index contributed by atoms with van der Waals surface area (Å²) in [4.78, 5) is 13.2. The molecule has 4 rings (SSSR count). The van der Waals surface area contributed by atoms with Gasteiger partial charge in [0.2, 0.25) is 5.09 Å². The number of halogens is 1. The zero-order valence-electron chi connectivity index (χ0n) is 16.7. The molecule has 1 unspecified atom stereocenters. The first-order chi connectivity index (χ1) is 14.5. The number of rotatable bonds is 8. The largest absolute Gasteiger partial charge is 0.454 e. The number of benzene rings is 1. The molecule has 0 saturated carbocycles. The lowest BCUT2D eigenvalue weighted by molar-refractivity contribution is -0.0279. The van der Waals surface area contributed by atoms with E-state index in [4.69, 9.17) is 15.2 Å². The zero-order valence-corrected chi connectivity index (χ0v) is 19.7. The predicted molar refractivity (Wildman–Crippen MR) is 126 cm³/mol. The second-order valence-corrected chi connectivity index (χ2v) is 9.22. The minimum atomic E-state index is -0.460. The lowest BCUT2D eigenvalue weighted by atomic mass is 10.2. The van der Waals surface area contributed by atoms with Gasteiger partial charge in [-0.15, -0.1) is 0 Å². The number of aromatic nitrogens is 4. The quantitative estimate of drug-likeness (QED) is 0.328. The van der Waals surface area contributed by atoms with Gasteiger partial charge in [0.1, 0.15) is 12.6 Å². The molecule has 1 aliphatic heterocycles. The van der Waals surface area contributed by atoms with Crippen molar-refractivity contribution in [2.45, 2.75) is 44.3 Å². The summed E-state index contributed by atoms with van der Waals surface area (Å²) in [5.74, 6) is 0.371. The van der Waals surface area contributed by atoms with Crippen LogP contribution in [0, 0.1) is 3.57 Å². The molecule has 0 saturated heterocycles. The van der Waals surface area contributed by atoms with Gasteiger partial charge in [0.15, 0.2) is 22.1 Å². The van der Waals surface area contributed by atoms with E-state index in [1.165, 1.54) is 18.1 Å². The minimum absolute atomic E-state index is 0.371. The van der Waals surface area contributed by atoms with E-state index in [1.54, 1.807) is 6.26 Å². The van der Waals surface area contributed by atoms with Crippen molar-refractivity contribution >= 4 is 51.3 Å². The van der Waals surface area contributed by atoms with Gasteiger partial charge in [-0.05, 0) is 53.4 Å². The molecule has 0 spiro atoms. The zero-order chi connectivity index (χ0) is 21.1. The molecular formula is C20H23IN6O2S. The van der Waals surface area contributed by atoms with E-state index in [9.17, 15) is 0 Å². The van der Waals surface area contributed by atoms with Gasteiger partial charge in [0.05, 0.1) is 0 Å². The summed E-state index contributed by atoms with van der Waals surface area (Å²) in [6.07, 6.45) is 3.58. The van der Waals surface area contributed by atoms with Crippen molar-refractivity contribution < 1.29 is 9.47 Å². The van der Waals surface area contributed by atoms with E-state index >= 15 is 0 Å². The number of hydrogen-bond acceptors (Lipinski definition) is 8. The van der Waals surface area contributed by atoms with E-state index in [0.717, 1.165) is 39.4 Å². The molecule has 1 aliphatic rings. The van der Waals surface area contributed by atoms with Crippen molar-refractivity contribution in [2.75, 3.05) is 12.3 Å². The summed E-state index contributed by atoms with van der Waals surface area (Å²) in [7, 11) is 0. The number of nitrogens with zero attached hydrogens (tertiary/aromatic N) is 4. The molecule has 1 atom stereocenters. The standard InChI is InChI=1S/C20H23IN6O2S/c1-12(2)23-8-5-9-27-18-16(17(22)24-11-25-18)26-20(27)30-15-10-28-19(29-15)13-6-3-4-7-14(13)21/h3-4,6-7,10-12,19,23H,5,8-9H2,1-2H3,(H2,22,24,25). The highest BCUT2D eigenvalue weighted by Gasteiger charge is 2.26. The van der Waals surface area contributed by atoms with Crippen LogP contribution in [0.25, 0.3) is 11.2 Å². The van der Waals surface area contributed by atoms with Gasteiger partial charge in [-0.3, -0.25) is 0 Å². The highest BCUT2D eigenvalue weighted by molar-refractivity contribution is 14.1. The van der Waals surface area contributed by atoms with Crippen LogP contribution in [0.1, 0.15) is 32.1 Å². The van der Waals surface area contributed by atoms with Crippen molar-refractivity contribution in [2.24, 2.45) is 0 Å². The van der Waals surface area contributed by atoms with Crippen LogP contribution in [0.4, 0.5) is 5.82 Å². The van der Waals surface area contributed by atoms with Crippen LogP contribution in [-0.2, 0) is 16.0 Å². The predicted octanol–water partition coefficient (Wildman–Crippen LogP) is 4.04. The number of fused-ring (bicyclic) bond motifs is 1. The van der Waals surface area contributed by atoms with Gasteiger partial charge in [-0.1, -0.05) is 32.0 Å². The van der Waals surface area contributed by atoms with Crippen LogP contribution in [0.3, 0.4) is 0 Å². The summed E-state index contributed by atoms with van der Waals surface area (Å²) in [6.45, 7) is 5.92. The maximum atomic E-state index is 6.04. The third-order valence-corrected chi connectivity index (χ3v) is 6.37. The Morgan fingerprint density at radius 2 is 2.13 bits per heavy atom. The molecule has 3 heterocycles. The SMILES string of the molecule is CC(C)NCCCn1c(SC2=COC(c3ccccc3I)O2)nc2c(N)ncnc21. The number of aryl methyl sites for hydroxylation is 1. The summed E-state index contributed by atoms with van der Waals surface area (Å²) in [6, 6.07) is 8.44. The second kappa shape index (κ2) is 9.40. The topological polar surface area (TPSA) is 100 Å². The number of imidazole rings is 1. The number of nitrogen functional groups attached to an aromatic ring is 1. The van der Waals surface area contributed by atoms with E-state index in [0.29, 0.717) is 22.5 Å². The molecule has 0 bridgehead atoms. The molecule has 3 aromatic rings. The molecule has 10 heteroatoms. The number of nitrogens with two attached hydrogens (primary N) is 1. The summed E-state index contributed by atoms with van der Waals surface area (Å²) < 4.78 is 14.9. The Hall–Kier alpha value is -2.05. The number of nitrogens with one attached hydrogen (secondary N) is 1. The Balaban J connectivity index is 1.53. The molecule has 0 fully saturated rings. The van der Waals surface area contributed by atoms with E-state index in [1.807, 2.05) is 24.3 Å². The normalized spacial score (nSPS) is 16.0. The molecule has 0 amide bonds. The fourth-order valence-electron chi connectivity index (χ4n) is 3.06. The van der Waals surface area contributed by atoms with Crippen LogP contribution in [0.15, 0.2) is 47.1 Å². The van der Waals surface area contributed by atoms with Crippen LogP contribution in [0.2, 0.25) is 0 Å². The molecule has 8 nitrogen and oxygen atoms in total. The highest BCUT2D eigenvalue weighted by Crippen LogP contribution is 2.39. The first kappa shape index (κ1) is 21.2. The lowest BCUT2D eigenvalue weighted by Crippen LogP contribution is -2.24. The summed E-state index contributed by atoms with van der Waals surface area (Å²) >= 11 is 3.68. The average molecular weight is 538 g/mol. The van der Waals surface area contributed by atoms with Crippen molar-refractivity contribution in [1.82, 2.24) is 24.8 Å². The van der Waals surface area contributed by atoms with E-state index in [-0.39, 0.29) is 0 Å². The number of hydrogen-bond donors (Lipinski definition) is 2. The van der Waals surface area contributed by atoms with Gasteiger partial charge in [0.25, 0.3) is 6.29 Å². The lowest BCUT2D eigenvalue weighted by Gasteiger charge is -2.13. The Labute approximate surface area is 192 Å². The first-order valence-electron chi connectivity index (χ1n) is 9.67. The third kappa shape index (κ3) is 4.65. The molecule has 0 aliphatic carbocycles. The minimum Gasteiger partial charge on any atom is -0.454 e. The Kier molecular flexibility index (Phi) is 6.64. The van der Waals surface area contributed by atoms with Gasteiger partial charge in [-0.2, -0.15) is 0 Å². The first-order valence-corrected chi connectivity index (χ1v) is 11.6. The molecule has 158 valence electrons. The summed E-state index contributed by atoms with van der Waals surface area (Å²) in [5, 5.41) is 4.83. The number of anilines is 1. The van der Waals surface area contributed by atoms with Crippen LogP contribution in [0.5, 0.6) is 0 Å². The van der Waals surface area contributed by atoms with Crippen LogP contribution >= 0.6 is 34.4 Å². The second-order valence-electron chi connectivity index (χ2n) is 7.09. The Morgan fingerprint density at radius 3 is 2.93 bits per heavy atom. The van der Waals surface area contributed by atoms with Gasteiger partial charge in [-0.25, -0.2) is 15.0 Å².